The summed E-state index contributed by atoms with van der Waals surface area (Å²) in [7, 11) is 0. The van der Waals surface area contributed by atoms with Crippen LogP contribution in [0.1, 0.15) is 19.8 Å². The zero-order valence-corrected chi connectivity index (χ0v) is 4.79. The number of carboxylic acids is 1. The Labute approximate surface area is 84.1 Å². The Kier molecular flexibility index (Phi) is 9.36. The molecule has 1 unspecified atom stereocenters. The van der Waals surface area contributed by atoms with Crippen LogP contribution < -0.4 is 0 Å². The van der Waals surface area contributed by atoms with Crippen LogP contribution in [0.4, 0.5) is 0 Å². The average Bonchev–Trinajstić information content (AvgIpc) is 1.61. The Balaban J connectivity index is 0. The number of carbonyl (C=O) groups is 1. The summed E-state index contributed by atoms with van der Waals surface area (Å²) in [5.74, 6) is -0.856. The molecule has 1 atom stereocenters. The molecular formula is C5H12CaO3. The Morgan fingerprint density at radius 3 is 2.22 bits per heavy atom. The van der Waals surface area contributed by atoms with Crippen molar-refractivity contribution in [2.75, 3.05) is 0 Å². The third kappa shape index (κ3) is 12.0. The minimum atomic E-state index is -0.856. The molecule has 3 nitrogen and oxygen atoms in total. The van der Waals surface area contributed by atoms with Crippen molar-refractivity contribution in [2.24, 2.45) is 0 Å². The Hall–Kier alpha value is 0.690. The van der Waals surface area contributed by atoms with E-state index in [9.17, 15) is 4.79 Å². The van der Waals surface area contributed by atoms with E-state index < -0.39 is 12.1 Å². The number of hydrogen-bond donors (Lipinski definition) is 2. The summed E-state index contributed by atoms with van der Waals surface area (Å²) >= 11 is 0. The Bertz CT molecular complexity index is 82.3. The van der Waals surface area contributed by atoms with Crippen LogP contribution in [0.2, 0.25) is 0 Å². The fourth-order valence-electron chi connectivity index (χ4n) is 0.332. The van der Waals surface area contributed by atoms with Gasteiger partial charge in [-0.2, -0.15) is 0 Å². The van der Waals surface area contributed by atoms with Crippen LogP contribution in [0, 0.1) is 0 Å². The zero-order chi connectivity index (χ0) is 6.57. The van der Waals surface area contributed by atoms with Gasteiger partial charge in [-0.1, -0.05) is 0 Å². The maximum absolute atomic E-state index is 9.79. The van der Waals surface area contributed by atoms with Gasteiger partial charge in [0, 0.05) is 6.42 Å². The summed E-state index contributed by atoms with van der Waals surface area (Å²) in [6.45, 7) is 1.57. The first-order valence-corrected chi connectivity index (χ1v) is 2.53. The van der Waals surface area contributed by atoms with E-state index in [-0.39, 0.29) is 44.2 Å². The Morgan fingerprint density at radius 1 is 1.67 bits per heavy atom. The van der Waals surface area contributed by atoms with Gasteiger partial charge in [-0.3, -0.25) is 4.79 Å². The number of aliphatic hydroxyl groups excluding tert-OH is 1. The SMILES string of the molecule is CC(O)CCC(=O)O.[CaH2]. The van der Waals surface area contributed by atoms with Gasteiger partial charge in [0.2, 0.25) is 0 Å². The molecule has 0 heterocycles. The van der Waals surface area contributed by atoms with E-state index in [1.807, 2.05) is 0 Å². The van der Waals surface area contributed by atoms with Crippen LogP contribution in [-0.2, 0) is 4.79 Å². The monoisotopic (exact) mass is 160 g/mol. The molecule has 0 radical (unpaired) electrons. The van der Waals surface area contributed by atoms with Crippen molar-refractivity contribution in [1.82, 2.24) is 0 Å². The quantitative estimate of drug-likeness (QED) is 0.538. The zero-order valence-electron chi connectivity index (χ0n) is 4.79. The molecule has 9 heavy (non-hydrogen) atoms. The van der Waals surface area contributed by atoms with Crippen molar-refractivity contribution >= 4 is 43.7 Å². The second-order valence-electron chi connectivity index (χ2n) is 1.78. The van der Waals surface area contributed by atoms with Gasteiger partial charge in [-0.25, -0.2) is 0 Å². The number of hydrogen-bond acceptors (Lipinski definition) is 2. The molecule has 52 valence electrons. The summed E-state index contributed by atoms with van der Waals surface area (Å²) in [5, 5.41) is 16.6. The van der Waals surface area contributed by atoms with Crippen molar-refractivity contribution in [3.63, 3.8) is 0 Å². The summed E-state index contributed by atoms with van der Waals surface area (Å²) in [5.41, 5.74) is 0. The van der Waals surface area contributed by atoms with Crippen LogP contribution in [0.15, 0.2) is 0 Å². The predicted molar refractivity (Wildman–Crippen MR) is 37.1 cm³/mol. The van der Waals surface area contributed by atoms with E-state index in [0.717, 1.165) is 0 Å². The van der Waals surface area contributed by atoms with Crippen LogP contribution in [0.3, 0.4) is 0 Å². The van der Waals surface area contributed by atoms with Crippen molar-refractivity contribution in [1.29, 1.82) is 0 Å². The van der Waals surface area contributed by atoms with Crippen molar-refractivity contribution in [2.45, 2.75) is 25.9 Å². The number of carboxylic acid groups (broad SMARTS) is 1. The summed E-state index contributed by atoms with van der Waals surface area (Å²) in [6, 6.07) is 0. The minimum absolute atomic E-state index is 0. The second kappa shape index (κ2) is 6.80. The number of aliphatic hydroxyl groups is 1. The van der Waals surface area contributed by atoms with Crippen LogP contribution >= 0.6 is 0 Å². The molecule has 0 saturated heterocycles. The van der Waals surface area contributed by atoms with E-state index >= 15 is 0 Å². The molecular weight excluding hydrogens is 148 g/mol. The van der Waals surface area contributed by atoms with E-state index in [2.05, 4.69) is 0 Å². The molecule has 0 saturated carbocycles. The van der Waals surface area contributed by atoms with Crippen LogP contribution in [-0.4, -0.2) is 60.0 Å². The van der Waals surface area contributed by atoms with E-state index in [0.29, 0.717) is 6.42 Å². The summed E-state index contributed by atoms with van der Waals surface area (Å²) in [4.78, 5) is 9.79. The van der Waals surface area contributed by atoms with Crippen LogP contribution in [0.5, 0.6) is 0 Å². The molecule has 0 aliphatic rings. The van der Waals surface area contributed by atoms with Crippen molar-refractivity contribution in [3.05, 3.63) is 0 Å². The first-order valence-electron chi connectivity index (χ1n) is 2.53. The fourth-order valence-corrected chi connectivity index (χ4v) is 0.332. The molecule has 0 aromatic rings. The molecule has 0 amide bonds. The standard InChI is InChI=1S/C5H10O3.Ca.2H/c1-4(6)2-3-5(7)8;;;/h4,6H,2-3H2,1H3,(H,7,8);;;. The van der Waals surface area contributed by atoms with Gasteiger partial charge in [0.05, 0.1) is 6.10 Å². The molecule has 0 aromatic carbocycles. The van der Waals surface area contributed by atoms with Gasteiger partial charge in [-0.15, -0.1) is 0 Å². The molecule has 2 N–H and O–H groups in total. The topological polar surface area (TPSA) is 57.5 Å². The van der Waals surface area contributed by atoms with Crippen molar-refractivity contribution in [3.8, 4) is 0 Å². The van der Waals surface area contributed by atoms with Gasteiger partial charge >= 0.3 is 43.7 Å². The number of rotatable bonds is 3. The van der Waals surface area contributed by atoms with E-state index in [1.54, 1.807) is 6.92 Å². The fraction of sp³-hybridized carbons (Fsp3) is 0.800. The van der Waals surface area contributed by atoms with E-state index in [4.69, 9.17) is 10.2 Å². The first-order chi connectivity index (χ1) is 3.63. The third-order valence-electron chi connectivity index (χ3n) is 0.776. The van der Waals surface area contributed by atoms with Gasteiger partial charge < -0.3 is 10.2 Å². The van der Waals surface area contributed by atoms with Gasteiger partial charge in [0.25, 0.3) is 0 Å². The molecule has 4 heteroatoms. The molecule has 0 rings (SSSR count). The predicted octanol–water partition coefficient (Wildman–Crippen LogP) is -0.684. The molecule has 0 aliphatic carbocycles. The third-order valence-corrected chi connectivity index (χ3v) is 0.776. The molecule has 0 fully saturated rings. The second-order valence-corrected chi connectivity index (χ2v) is 1.78. The Morgan fingerprint density at radius 2 is 2.11 bits per heavy atom. The van der Waals surface area contributed by atoms with Gasteiger partial charge in [0.1, 0.15) is 0 Å². The first kappa shape index (κ1) is 12.4. The summed E-state index contributed by atoms with van der Waals surface area (Å²) in [6.07, 6.45) is -0.0985. The van der Waals surface area contributed by atoms with Gasteiger partial charge in [0.15, 0.2) is 0 Å². The normalized spacial score (nSPS) is 11.8. The van der Waals surface area contributed by atoms with Crippen LogP contribution in [0.25, 0.3) is 0 Å². The number of aliphatic carboxylic acids is 1. The average molecular weight is 160 g/mol. The summed E-state index contributed by atoms with van der Waals surface area (Å²) < 4.78 is 0. The molecule has 0 aliphatic heterocycles. The van der Waals surface area contributed by atoms with Crippen molar-refractivity contribution < 1.29 is 15.0 Å². The van der Waals surface area contributed by atoms with E-state index in [1.165, 1.54) is 0 Å². The maximum atomic E-state index is 9.79. The molecule has 0 spiro atoms. The molecule has 0 aromatic heterocycles. The van der Waals surface area contributed by atoms with Gasteiger partial charge in [-0.05, 0) is 13.3 Å². The molecule has 0 bridgehead atoms.